The highest BCUT2D eigenvalue weighted by molar-refractivity contribution is 7.01. The van der Waals surface area contributed by atoms with E-state index in [4.69, 9.17) is 5.73 Å². The van der Waals surface area contributed by atoms with Crippen LogP contribution in [0.15, 0.2) is 60.7 Å². The number of hydrogen-bond acceptors (Lipinski definition) is 1. The molecule has 0 atom stereocenters. The zero-order valence-electron chi connectivity index (χ0n) is 11.0. The summed E-state index contributed by atoms with van der Waals surface area (Å²) in [5.74, 6) is 0. The Hall–Kier alpha value is -1.38. The first-order valence-electron chi connectivity index (χ1n) is 6.58. The second-order valence-corrected chi connectivity index (χ2v) is 9.28. The fourth-order valence-corrected chi connectivity index (χ4v) is 6.20. The van der Waals surface area contributed by atoms with Gasteiger partial charge in [0.05, 0.1) is 0 Å². The van der Waals surface area contributed by atoms with Crippen molar-refractivity contribution in [1.82, 2.24) is 0 Å². The van der Waals surface area contributed by atoms with Gasteiger partial charge in [0.1, 0.15) is 8.07 Å². The van der Waals surface area contributed by atoms with Crippen LogP contribution in [0.2, 0.25) is 12.6 Å². The average Bonchev–Trinajstić information content (AvgIpc) is 2.46. The Morgan fingerprint density at radius 3 is 1.67 bits per heavy atom. The third-order valence-corrected chi connectivity index (χ3v) is 8.27. The van der Waals surface area contributed by atoms with Crippen molar-refractivity contribution in [2.24, 2.45) is 5.73 Å². The summed E-state index contributed by atoms with van der Waals surface area (Å²) < 4.78 is 0. The predicted octanol–water partition coefficient (Wildman–Crippen LogP) is 2.23. The molecule has 0 saturated heterocycles. The Bertz CT molecular complexity index is 427. The van der Waals surface area contributed by atoms with Crippen LogP contribution >= 0.6 is 0 Å². The zero-order chi connectivity index (χ0) is 12.8. The highest BCUT2D eigenvalue weighted by Gasteiger charge is 2.30. The summed E-state index contributed by atoms with van der Waals surface area (Å²) in [7, 11) is -1.60. The van der Waals surface area contributed by atoms with E-state index in [-0.39, 0.29) is 0 Å². The van der Waals surface area contributed by atoms with Gasteiger partial charge in [0, 0.05) is 0 Å². The van der Waals surface area contributed by atoms with Gasteiger partial charge in [-0.2, -0.15) is 0 Å². The lowest BCUT2D eigenvalue weighted by Crippen LogP contribution is -2.55. The smallest absolute Gasteiger partial charge is 0.115 e. The minimum Gasteiger partial charge on any atom is -0.330 e. The van der Waals surface area contributed by atoms with E-state index in [1.165, 1.54) is 16.4 Å². The SMILES string of the molecule is C[Si](CCCN)(c1ccccc1)c1ccccc1. The van der Waals surface area contributed by atoms with Crippen LogP contribution in [0.4, 0.5) is 0 Å². The summed E-state index contributed by atoms with van der Waals surface area (Å²) in [6.07, 6.45) is 1.10. The standard InChI is InChI=1S/C16H21NSi/c1-18(14-8-13-17,15-9-4-2-5-10-15)16-11-6-3-7-12-16/h2-7,9-12H,8,13-14,17H2,1H3. The maximum absolute atomic E-state index is 5.71. The summed E-state index contributed by atoms with van der Waals surface area (Å²) in [6, 6.07) is 23.1. The molecule has 0 aliphatic carbocycles. The summed E-state index contributed by atoms with van der Waals surface area (Å²) in [5.41, 5.74) is 5.71. The normalized spacial score (nSPS) is 11.4. The number of hydrogen-bond donors (Lipinski definition) is 1. The van der Waals surface area contributed by atoms with Gasteiger partial charge >= 0.3 is 0 Å². The van der Waals surface area contributed by atoms with Crippen molar-refractivity contribution in [1.29, 1.82) is 0 Å². The molecule has 0 bridgehead atoms. The fourth-order valence-electron chi connectivity index (χ4n) is 2.52. The van der Waals surface area contributed by atoms with Gasteiger partial charge in [0.25, 0.3) is 0 Å². The summed E-state index contributed by atoms with van der Waals surface area (Å²) in [6.45, 7) is 3.23. The molecule has 0 radical (unpaired) electrons. The van der Waals surface area contributed by atoms with Gasteiger partial charge in [-0.05, 0) is 19.0 Å². The number of nitrogens with two attached hydrogens (primary N) is 1. The third kappa shape index (κ3) is 2.71. The van der Waals surface area contributed by atoms with E-state index in [1.807, 2.05) is 0 Å². The summed E-state index contributed by atoms with van der Waals surface area (Å²) >= 11 is 0. The molecule has 0 aliphatic heterocycles. The fraction of sp³-hybridized carbons (Fsp3) is 0.250. The molecular formula is C16H21NSi. The lowest BCUT2D eigenvalue weighted by molar-refractivity contribution is 0.917. The second kappa shape index (κ2) is 5.98. The predicted molar refractivity (Wildman–Crippen MR) is 82.2 cm³/mol. The summed E-state index contributed by atoms with van der Waals surface area (Å²) in [4.78, 5) is 0. The van der Waals surface area contributed by atoms with Crippen molar-refractivity contribution < 1.29 is 0 Å². The molecular weight excluding hydrogens is 234 g/mol. The maximum Gasteiger partial charge on any atom is 0.115 e. The monoisotopic (exact) mass is 255 g/mol. The Labute approximate surface area is 111 Å². The minimum absolute atomic E-state index is 0.780. The molecule has 0 aliphatic rings. The molecule has 2 heteroatoms. The molecule has 1 nitrogen and oxygen atoms in total. The van der Waals surface area contributed by atoms with Crippen LogP contribution < -0.4 is 16.1 Å². The molecule has 2 rings (SSSR count). The Morgan fingerprint density at radius 1 is 0.833 bits per heavy atom. The van der Waals surface area contributed by atoms with E-state index in [2.05, 4.69) is 67.2 Å². The first-order valence-corrected chi connectivity index (χ1v) is 9.29. The van der Waals surface area contributed by atoms with Gasteiger partial charge in [-0.25, -0.2) is 0 Å². The number of benzene rings is 2. The Balaban J connectivity index is 2.41. The van der Waals surface area contributed by atoms with Crippen molar-refractivity contribution in [3.8, 4) is 0 Å². The molecule has 0 fully saturated rings. The highest BCUT2D eigenvalue weighted by Crippen LogP contribution is 2.13. The maximum atomic E-state index is 5.71. The van der Waals surface area contributed by atoms with Crippen LogP contribution in [0, 0.1) is 0 Å². The van der Waals surface area contributed by atoms with Gasteiger partial charge in [0.2, 0.25) is 0 Å². The molecule has 2 aromatic rings. The van der Waals surface area contributed by atoms with Crippen molar-refractivity contribution in [3.63, 3.8) is 0 Å². The third-order valence-electron chi connectivity index (χ3n) is 3.70. The molecule has 0 heterocycles. The van der Waals surface area contributed by atoms with Gasteiger partial charge in [-0.15, -0.1) is 0 Å². The van der Waals surface area contributed by atoms with E-state index < -0.39 is 8.07 Å². The first kappa shape index (κ1) is 13.1. The van der Waals surface area contributed by atoms with Gasteiger partial charge in [-0.3, -0.25) is 0 Å². The molecule has 0 spiro atoms. The van der Waals surface area contributed by atoms with Crippen LogP contribution in [0.25, 0.3) is 0 Å². The second-order valence-electron chi connectivity index (χ2n) is 4.96. The van der Waals surface area contributed by atoms with Crippen LogP contribution in [-0.4, -0.2) is 14.6 Å². The van der Waals surface area contributed by atoms with Crippen molar-refractivity contribution in [2.75, 3.05) is 6.54 Å². The van der Waals surface area contributed by atoms with E-state index in [0.29, 0.717) is 0 Å². The van der Waals surface area contributed by atoms with Crippen LogP contribution in [0.5, 0.6) is 0 Å². The molecule has 94 valence electrons. The zero-order valence-corrected chi connectivity index (χ0v) is 12.0. The summed E-state index contributed by atoms with van der Waals surface area (Å²) in [5, 5.41) is 3.01. The Kier molecular flexibility index (Phi) is 4.34. The van der Waals surface area contributed by atoms with E-state index in [0.717, 1.165) is 13.0 Å². The first-order chi connectivity index (χ1) is 8.77. The van der Waals surface area contributed by atoms with Crippen LogP contribution in [-0.2, 0) is 0 Å². The van der Waals surface area contributed by atoms with Crippen molar-refractivity contribution in [2.45, 2.75) is 19.0 Å². The highest BCUT2D eigenvalue weighted by atomic mass is 28.3. The molecule has 2 N–H and O–H groups in total. The quantitative estimate of drug-likeness (QED) is 0.815. The van der Waals surface area contributed by atoms with Crippen molar-refractivity contribution in [3.05, 3.63) is 60.7 Å². The van der Waals surface area contributed by atoms with Crippen molar-refractivity contribution >= 4 is 18.4 Å². The number of rotatable bonds is 5. The molecule has 0 saturated carbocycles. The van der Waals surface area contributed by atoms with Crippen LogP contribution in [0.1, 0.15) is 6.42 Å². The largest absolute Gasteiger partial charge is 0.330 e. The lowest BCUT2D eigenvalue weighted by Gasteiger charge is -2.28. The Morgan fingerprint density at radius 2 is 1.28 bits per heavy atom. The van der Waals surface area contributed by atoms with E-state index >= 15 is 0 Å². The minimum atomic E-state index is -1.60. The van der Waals surface area contributed by atoms with E-state index in [9.17, 15) is 0 Å². The van der Waals surface area contributed by atoms with Gasteiger partial charge < -0.3 is 5.73 Å². The lowest BCUT2D eigenvalue weighted by atomic mass is 10.4. The molecule has 2 aromatic carbocycles. The molecule has 0 aromatic heterocycles. The van der Waals surface area contributed by atoms with E-state index in [1.54, 1.807) is 0 Å². The average molecular weight is 255 g/mol. The van der Waals surface area contributed by atoms with Crippen LogP contribution in [0.3, 0.4) is 0 Å². The van der Waals surface area contributed by atoms with Gasteiger partial charge in [-0.1, -0.05) is 77.6 Å². The van der Waals surface area contributed by atoms with Gasteiger partial charge in [0.15, 0.2) is 0 Å². The topological polar surface area (TPSA) is 26.0 Å². The molecule has 0 unspecified atom stereocenters. The molecule has 0 amide bonds. The molecule has 18 heavy (non-hydrogen) atoms.